The molecule has 0 aliphatic heterocycles. The molecule has 0 atom stereocenters. The SMILES string of the molecule is CCN(CCCCNC1CC1)c1ccc(F)cc1. The largest absolute Gasteiger partial charge is 0.372 e. The molecule has 18 heavy (non-hydrogen) atoms. The third-order valence-electron chi connectivity index (χ3n) is 3.44. The van der Waals surface area contributed by atoms with Gasteiger partial charge in [0.25, 0.3) is 0 Å². The van der Waals surface area contributed by atoms with E-state index in [4.69, 9.17) is 0 Å². The number of halogens is 1. The molecule has 0 heterocycles. The van der Waals surface area contributed by atoms with Crippen LogP contribution < -0.4 is 10.2 Å². The molecule has 1 N–H and O–H groups in total. The lowest BCUT2D eigenvalue weighted by Gasteiger charge is -2.23. The fourth-order valence-corrected chi connectivity index (χ4v) is 2.14. The van der Waals surface area contributed by atoms with Gasteiger partial charge in [-0.15, -0.1) is 0 Å². The van der Waals surface area contributed by atoms with Gasteiger partial charge in [0, 0.05) is 24.8 Å². The molecule has 1 aromatic carbocycles. The van der Waals surface area contributed by atoms with Crippen molar-refractivity contribution in [1.82, 2.24) is 5.32 Å². The summed E-state index contributed by atoms with van der Waals surface area (Å²) in [5, 5.41) is 3.53. The van der Waals surface area contributed by atoms with Crippen molar-refractivity contribution in [3.05, 3.63) is 30.1 Å². The van der Waals surface area contributed by atoms with Gasteiger partial charge in [-0.25, -0.2) is 4.39 Å². The first-order valence-corrected chi connectivity index (χ1v) is 7.03. The number of nitrogens with zero attached hydrogens (tertiary/aromatic N) is 1. The first-order valence-electron chi connectivity index (χ1n) is 7.03. The lowest BCUT2D eigenvalue weighted by molar-refractivity contribution is 0.611. The molecule has 0 amide bonds. The van der Waals surface area contributed by atoms with E-state index in [1.807, 2.05) is 12.1 Å². The van der Waals surface area contributed by atoms with Gasteiger partial charge in [-0.2, -0.15) is 0 Å². The highest BCUT2D eigenvalue weighted by atomic mass is 19.1. The zero-order valence-corrected chi connectivity index (χ0v) is 11.2. The highest BCUT2D eigenvalue weighted by molar-refractivity contribution is 5.45. The average molecular weight is 250 g/mol. The van der Waals surface area contributed by atoms with Crippen molar-refractivity contribution in [2.45, 2.75) is 38.6 Å². The zero-order chi connectivity index (χ0) is 12.8. The Balaban J connectivity index is 1.68. The minimum atomic E-state index is -0.163. The van der Waals surface area contributed by atoms with E-state index in [-0.39, 0.29) is 5.82 Å². The van der Waals surface area contributed by atoms with Gasteiger partial charge < -0.3 is 10.2 Å². The number of nitrogens with one attached hydrogen (secondary N) is 1. The van der Waals surface area contributed by atoms with Gasteiger partial charge in [-0.1, -0.05) is 0 Å². The second kappa shape index (κ2) is 6.74. The summed E-state index contributed by atoms with van der Waals surface area (Å²) in [4.78, 5) is 2.30. The van der Waals surface area contributed by atoms with Crippen LogP contribution in [0.2, 0.25) is 0 Å². The third kappa shape index (κ3) is 4.30. The van der Waals surface area contributed by atoms with Gasteiger partial charge in [0.1, 0.15) is 5.82 Å². The van der Waals surface area contributed by atoms with Crippen LogP contribution in [0.25, 0.3) is 0 Å². The number of anilines is 1. The Kier molecular flexibility index (Phi) is 5.00. The quantitative estimate of drug-likeness (QED) is 0.713. The monoisotopic (exact) mass is 250 g/mol. The summed E-state index contributed by atoms with van der Waals surface area (Å²) < 4.78 is 12.9. The molecule has 0 unspecified atom stereocenters. The Morgan fingerprint density at radius 3 is 2.56 bits per heavy atom. The van der Waals surface area contributed by atoms with Crippen molar-refractivity contribution in [3.63, 3.8) is 0 Å². The molecule has 0 radical (unpaired) electrons. The van der Waals surface area contributed by atoms with Crippen LogP contribution in [0.5, 0.6) is 0 Å². The minimum absolute atomic E-state index is 0.163. The maximum Gasteiger partial charge on any atom is 0.123 e. The second-order valence-electron chi connectivity index (χ2n) is 4.99. The van der Waals surface area contributed by atoms with Crippen molar-refractivity contribution in [2.24, 2.45) is 0 Å². The molecule has 1 aliphatic carbocycles. The summed E-state index contributed by atoms with van der Waals surface area (Å²) in [6.07, 6.45) is 5.12. The van der Waals surface area contributed by atoms with E-state index in [0.29, 0.717) is 0 Å². The Bertz CT molecular complexity index is 346. The molecule has 0 bridgehead atoms. The van der Waals surface area contributed by atoms with Crippen molar-refractivity contribution in [1.29, 1.82) is 0 Å². The van der Waals surface area contributed by atoms with Crippen molar-refractivity contribution in [3.8, 4) is 0 Å². The second-order valence-corrected chi connectivity index (χ2v) is 4.99. The number of rotatable bonds is 8. The normalized spacial score (nSPS) is 14.8. The predicted octanol–water partition coefficient (Wildman–Crippen LogP) is 3.18. The van der Waals surface area contributed by atoms with Crippen molar-refractivity contribution < 1.29 is 4.39 Å². The van der Waals surface area contributed by atoms with Crippen LogP contribution >= 0.6 is 0 Å². The molecular weight excluding hydrogens is 227 g/mol. The Morgan fingerprint density at radius 1 is 1.22 bits per heavy atom. The zero-order valence-electron chi connectivity index (χ0n) is 11.2. The van der Waals surface area contributed by atoms with Gasteiger partial charge >= 0.3 is 0 Å². The molecular formula is C15H23FN2. The smallest absolute Gasteiger partial charge is 0.123 e. The molecule has 0 aromatic heterocycles. The molecule has 2 rings (SSSR count). The summed E-state index contributed by atoms with van der Waals surface area (Å²) in [6.45, 7) is 5.30. The first-order chi connectivity index (χ1) is 8.79. The number of hydrogen-bond acceptors (Lipinski definition) is 2. The van der Waals surface area contributed by atoms with E-state index in [1.54, 1.807) is 0 Å². The van der Waals surface area contributed by atoms with Gasteiger partial charge in [-0.3, -0.25) is 0 Å². The van der Waals surface area contributed by atoms with Gasteiger partial charge in [0.15, 0.2) is 0 Å². The molecule has 1 aromatic rings. The summed E-state index contributed by atoms with van der Waals surface area (Å²) in [5.74, 6) is -0.163. The van der Waals surface area contributed by atoms with Crippen molar-refractivity contribution in [2.75, 3.05) is 24.5 Å². The molecule has 0 spiro atoms. The van der Waals surface area contributed by atoms with Crippen LogP contribution in [0.4, 0.5) is 10.1 Å². The molecule has 2 nitrogen and oxygen atoms in total. The first kappa shape index (κ1) is 13.3. The Labute approximate surface area is 109 Å². The lowest BCUT2D eigenvalue weighted by atomic mass is 10.2. The predicted molar refractivity (Wildman–Crippen MR) is 74.5 cm³/mol. The maximum absolute atomic E-state index is 12.9. The van der Waals surface area contributed by atoms with Crippen LogP contribution in [-0.2, 0) is 0 Å². The third-order valence-corrected chi connectivity index (χ3v) is 3.44. The molecule has 100 valence electrons. The minimum Gasteiger partial charge on any atom is -0.372 e. The van der Waals surface area contributed by atoms with Crippen molar-refractivity contribution >= 4 is 5.69 Å². The Hall–Kier alpha value is -1.09. The van der Waals surface area contributed by atoms with E-state index in [9.17, 15) is 4.39 Å². The van der Waals surface area contributed by atoms with E-state index < -0.39 is 0 Å². The number of unbranched alkanes of at least 4 members (excludes halogenated alkanes) is 1. The Morgan fingerprint density at radius 2 is 1.94 bits per heavy atom. The van der Waals surface area contributed by atoms with Gasteiger partial charge in [0.2, 0.25) is 0 Å². The molecule has 0 saturated heterocycles. The standard InChI is InChI=1S/C15H23FN2/c1-2-18(15-9-5-13(16)6-10-15)12-4-3-11-17-14-7-8-14/h5-6,9-10,14,17H,2-4,7-8,11-12H2,1H3. The van der Waals surface area contributed by atoms with E-state index >= 15 is 0 Å². The van der Waals surface area contributed by atoms with E-state index in [1.165, 1.54) is 37.8 Å². The molecule has 1 fully saturated rings. The van der Waals surface area contributed by atoms with Crippen LogP contribution in [-0.4, -0.2) is 25.7 Å². The molecule has 1 saturated carbocycles. The van der Waals surface area contributed by atoms with Crippen LogP contribution in [0, 0.1) is 5.82 Å². The fraction of sp³-hybridized carbons (Fsp3) is 0.600. The summed E-state index contributed by atoms with van der Waals surface area (Å²) in [7, 11) is 0. The van der Waals surface area contributed by atoms with Gasteiger partial charge in [0.05, 0.1) is 0 Å². The van der Waals surface area contributed by atoms with Crippen LogP contribution in [0.3, 0.4) is 0 Å². The molecule has 3 heteroatoms. The summed E-state index contributed by atoms with van der Waals surface area (Å²) >= 11 is 0. The maximum atomic E-state index is 12.9. The van der Waals surface area contributed by atoms with E-state index in [2.05, 4.69) is 17.1 Å². The highest BCUT2D eigenvalue weighted by Gasteiger charge is 2.19. The average Bonchev–Trinajstić information content (AvgIpc) is 3.19. The number of benzene rings is 1. The highest BCUT2D eigenvalue weighted by Crippen LogP contribution is 2.18. The van der Waals surface area contributed by atoms with Crippen LogP contribution in [0.1, 0.15) is 32.6 Å². The number of hydrogen-bond donors (Lipinski definition) is 1. The van der Waals surface area contributed by atoms with Crippen LogP contribution in [0.15, 0.2) is 24.3 Å². The topological polar surface area (TPSA) is 15.3 Å². The lowest BCUT2D eigenvalue weighted by Crippen LogP contribution is -2.25. The molecule has 1 aliphatic rings. The van der Waals surface area contributed by atoms with E-state index in [0.717, 1.165) is 31.4 Å². The summed E-state index contributed by atoms with van der Waals surface area (Å²) in [5.41, 5.74) is 1.12. The van der Waals surface area contributed by atoms with Gasteiger partial charge in [-0.05, 0) is 63.4 Å². The summed E-state index contributed by atoms with van der Waals surface area (Å²) in [6, 6.07) is 7.60. The fourth-order valence-electron chi connectivity index (χ4n) is 2.14.